The van der Waals surface area contributed by atoms with Gasteiger partial charge in [0, 0.05) is 30.9 Å². The maximum atomic E-state index is 12.6. The van der Waals surface area contributed by atoms with Gasteiger partial charge < -0.3 is 9.88 Å². The van der Waals surface area contributed by atoms with E-state index in [1.165, 1.54) is 11.3 Å². The van der Waals surface area contributed by atoms with E-state index in [1.807, 2.05) is 48.1 Å². The zero-order chi connectivity index (χ0) is 17.9. The fraction of sp³-hybridized carbons (Fsp3) is 0.250. The zero-order valence-electron chi connectivity index (χ0n) is 14.6. The summed E-state index contributed by atoms with van der Waals surface area (Å²) in [6, 6.07) is 10.0. The summed E-state index contributed by atoms with van der Waals surface area (Å²) in [5.74, 6) is 0.928. The number of thiazole rings is 1. The number of anilines is 1. The molecular weight excluding hydrogens is 344 g/mol. The maximum Gasteiger partial charge on any atom is 0.229 e. The van der Waals surface area contributed by atoms with Crippen LogP contribution in [0, 0.1) is 5.92 Å². The SMILES string of the molecule is Cn1ccnc1-c1sc(NC(=O)C2CC=CCC2)nc1-c1ccccc1. The Labute approximate surface area is 156 Å². The van der Waals surface area contributed by atoms with Gasteiger partial charge in [0.25, 0.3) is 0 Å². The van der Waals surface area contributed by atoms with Crippen LogP contribution < -0.4 is 5.32 Å². The lowest BCUT2D eigenvalue weighted by molar-refractivity contribution is -0.120. The molecule has 1 unspecified atom stereocenters. The zero-order valence-corrected chi connectivity index (χ0v) is 15.4. The predicted molar refractivity (Wildman–Crippen MR) is 105 cm³/mol. The fourth-order valence-corrected chi connectivity index (χ4v) is 4.17. The monoisotopic (exact) mass is 364 g/mol. The van der Waals surface area contributed by atoms with E-state index in [0.717, 1.165) is 41.2 Å². The average molecular weight is 364 g/mol. The molecule has 26 heavy (non-hydrogen) atoms. The molecule has 132 valence electrons. The van der Waals surface area contributed by atoms with Crippen LogP contribution in [-0.2, 0) is 11.8 Å². The van der Waals surface area contributed by atoms with Crippen molar-refractivity contribution in [2.45, 2.75) is 19.3 Å². The number of imidazole rings is 1. The molecule has 1 aromatic carbocycles. The van der Waals surface area contributed by atoms with Crippen LogP contribution in [0.5, 0.6) is 0 Å². The lowest BCUT2D eigenvalue weighted by atomic mass is 9.94. The van der Waals surface area contributed by atoms with Crippen LogP contribution in [0.3, 0.4) is 0 Å². The summed E-state index contributed by atoms with van der Waals surface area (Å²) in [7, 11) is 1.96. The number of nitrogens with one attached hydrogen (secondary N) is 1. The Hall–Kier alpha value is -2.73. The minimum atomic E-state index is 0.0284. The second-order valence-electron chi connectivity index (χ2n) is 6.40. The molecule has 4 rings (SSSR count). The normalized spacial score (nSPS) is 16.6. The molecule has 2 aromatic heterocycles. The number of hydrogen-bond donors (Lipinski definition) is 1. The first-order valence-corrected chi connectivity index (χ1v) is 9.54. The van der Waals surface area contributed by atoms with Gasteiger partial charge in [-0.15, -0.1) is 0 Å². The Morgan fingerprint density at radius 2 is 2.12 bits per heavy atom. The summed E-state index contributed by atoms with van der Waals surface area (Å²) in [4.78, 5) is 22.7. The van der Waals surface area contributed by atoms with Crippen molar-refractivity contribution < 1.29 is 4.79 Å². The molecule has 6 heteroatoms. The quantitative estimate of drug-likeness (QED) is 0.693. The van der Waals surface area contributed by atoms with Gasteiger partial charge in [-0.1, -0.05) is 53.8 Å². The van der Waals surface area contributed by atoms with Gasteiger partial charge in [0.05, 0.1) is 10.6 Å². The number of amides is 1. The van der Waals surface area contributed by atoms with Crippen LogP contribution in [0.1, 0.15) is 19.3 Å². The van der Waals surface area contributed by atoms with Gasteiger partial charge in [-0.05, 0) is 19.3 Å². The minimum absolute atomic E-state index is 0.0284. The lowest BCUT2D eigenvalue weighted by Crippen LogP contribution is -2.23. The highest BCUT2D eigenvalue weighted by molar-refractivity contribution is 7.19. The average Bonchev–Trinajstić information content (AvgIpc) is 3.29. The molecular formula is C20H20N4OS. The molecule has 5 nitrogen and oxygen atoms in total. The van der Waals surface area contributed by atoms with Crippen LogP contribution in [0.25, 0.3) is 22.0 Å². The largest absolute Gasteiger partial charge is 0.333 e. The molecule has 0 saturated heterocycles. The van der Waals surface area contributed by atoms with Crippen molar-refractivity contribution in [3.05, 3.63) is 54.9 Å². The van der Waals surface area contributed by atoms with Gasteiger partial charge in [0.15, 0.2) is 11.0 Å². The number of carbonyl (C=O) groups is 1. The number of aryl methyl sites for hydroxylation is 1. The highest BCUT2D eigenvalue weighted by Crippen LogP contribution is 2.38. The highest BCUT2D eigenvalue weighted by atomic mass is 32.1. The Morgan fingerprint density at radius 3 is 2.81 bits per heavy atom. The second kappa shape index (κ2) is 7.25. The smallest absolute Gasteiger partial charge is 0.229 e. The van der Waals surface area contributed by atoms with E-state index in [2.05, 4.69) is 22.5 Å². The molecule has 0 aliphatic heterocycles. The lowest BCUT2D eigenvalue weighted by Gasteiger charge is -2.15. The Morgan fingerprint density at radius 1 is 1.27 bits per heavy atom. The third-order valence-electron chi connectivity index (χ3n) is 4.57. The van der Waals surface area contributed by atoms with Gasteiger partial charge in [-0.25, -0.2) is 9.97 Å². The molecule has 3 aromatic rings. The van der Waals surface area contributed by atoms with Crippen molar-refractivity contribution in [3.63, 3.8) is 0 Å². The molecule has 1 amide bonds. The molecule has 1 aliphatic carbocycles. The van der Waals surface area contributed by atoms with E-state index < -0.39 is 0 Å². The molecule has 2 heterocycles. The molecule has 0 bridgehead atoms. The van der Waals surface area contributed by atoms with Gasteiger partial charge in [-0.2, -0.15) is 0 Å². The third kappa shape index (κ3) is 3.32. The first-order chi connectivity index (χ1) is 12.7. The van der Waals surface area contributed by atoms with E-state index in [4.69, 9.17) is 4.98 Å². The van der Waals surface area contributed by atoms with E-state index >= 15 is 0 Å². The van der Waals surface area contributed by atoms with Gasteiger partial charge in [0.2, 0.25) is 5.91 Å². The molecule has 1 atom stereocenters. The summed E-state index contributed by atoms with van der Waals surface area (Å²) >= 11 is 1.47. The van der Waals surface area contributed by atoms with Gasteiger partial charge >= 0.3 is 0 Å². The second-order valence-corrected chi connectivity index (χ2v) is 7.39. The summed E-state index contributed by atoms with van der Waals surface area (Å²) in [6.07, 6.45) is 10.6. The van der Waals surface area contributed by atoms with E-state index in [0.29, 0.717) is 5.13 Å². The van der Waals surface area contributed by atoms with Crippen LogP contribution in [0.4, 0.5) is 5.13 Å². The predicted octanol–water partition coefficient (Wildman–Crippen LogP) is 4.51. The van der Waals surface area contributed by atoms with Crippen molar-refractivity contribution in [1.29, 1.82) is 0 Å². The first-order valence-electron chi connectivity index (χ1n) is 8.72. The summed E-state index contributed by atoms with van der Waals surface area (Å²) < 4.78 is 1.97. The molecule has 0 saturated carbocycles. The number of benzene rings is 1. The highest BCUT2D eigenvalue weighted by Gasteiger charge is 2.22. The topological polar surface area (TPSA) is 59.8 Å². The van der Waals surface area contributed by atoms with Crippen molar-refractivity contribution in [2.24, 2.45) is 13.0 Å². The molecule has 1 aliphatic rings. The number of allylic oxidation sites excluding steroid dienone is 2. The number of aromatic nitrogens is 3. The Bertz CT molecular complexity index is 942. The molecule has 1 N–H and O–H groups in total. The Kier molecular flexibility index (Phi) is 4.67. The van der Waals surface area contributed by atoms with E-state index in [9.17, 15) is 4.79 Å². The standard InChI is InChI=1S/C20H20N4OS/c1-24-13-12-21-18(24)17-16(14-8-4-2-5-9-14)22-20(26-17)23-19(25)15-10-6-3-7-11-15/h2-6,8-9,12-13,15H,7,10-11H2,1H3,(H,22,23,25). The van der Waals surface area contributed by atoms with Crippen molar-refractivity contribution in [2.75, 3.05) is 5.32 Å². The third-order valence-corrected chi connectivity index (χ3v) is 5.54. The summed E-state index contributed by atoms with van der Waals surface area (Å²) in [6.45, 7) is 0. The van der Waals surface area contributed by atoms with Crippen LogP contribution in [0.2, 0.25) is 0 Å². The van der Waals surface area contributed by atoms with E-state index in [1.54, 1.807) is 6.20 Å². The number of rotatable bonds is 4. The van der Waals surface area contributed by atoms with Crippen LogP contribution >= 0.6 is 11.3 Å². The van der Waals surface area contributed by atoms with Crippen molar-refractivity contribution in [3.8, 4) is 22.0 Å². The van der Waals surface area contributed by atoms with Gasteiger partial charge in [0.1, 0.15) is 0 Å². The van der Waals surface area contributed by atoms with Crippen molar-refractivity contribution >= 4 is 22.4 Å². The maximum absolute atomic E-state index is 12.6. The van der Waals surface area contributed by atoms with Crippen LogP contribution in [-0.4, -0.2) is 20.4 Å². The number of hydrogen-bond acceptors (Lipinski definition) is 4. The number of carbonyl (C=O) groups excluding carboxylic acids is 1. The van der Waals surface area contributed by atoms with Crippen molar-refractivity contribution in [1.82, 2.24) is 14.5 Å². The van der Waals surface area contributed by atoms with Crippen LogP contribution in [0.15, 0.2) is 54.9 Å². The molecule has 0 fully saturated rings. The number of nitrogens with zero attached hydrogens (tertiary/aromatic N) is 3. The summed E-state index contributed by atoms with van der Waals surface area (Å²) in [5, 5.41) is 3.65. The molecule has 0 spiro atoms. The first kappa shape index (κ1) is 16.7. The van der Waals surface area contributed by atoms with E-state index in [-0.39, 0.29) is 11.8 Å². The summed E-state index contributed by atoms with van der Waals surface area (Å²) in [5.41, 5.74) is 1.87. The minimum Gasteiger partial charge on any atom is -0.333 e. The molecule has 0 radical (unpaired) electrons. The Balaban J connectivity index is 1.68. The van der Waals surface area contributed by atoms with Gasteiger partial charge in [-0.3, -0.25) is 4.79 Å². The fourth-order valence-electron chi connectivity index (χ4n) is 3.14.